The first kappa shape index (κ1) is 18.5. The van der Waals surface area contributed by atoms with Gasteiger partial charge in [0.25, 0.3) is 0 Å². The van der Waals surface area contributed by atoms with E-state index in [-0.39, 0.29) is 17.7 Å². The van der Waals surface area contributed by atoms with Crippen LogP contribution in [-0.4, -0.2) is 29.8 Å². The Labute approximate surface area is 159 Å². The summed E-state index contributed by atoms with van der Waals surface area (Å²) in [5.41, 5.74) is 1.82. The molecule has 0 atom stereocenters. The number of nitrogens with zero attached hydrogens (tertiary/aromatic N) is 1. The van der Waals surface area contributed by atoms with Crippen molar-refractivity contribution >= 4 is 29.1 Å². The number of para-hydroxylation sites is 1. The molecular formula is C21H23ClN2O2. The number of aryl methyl sites for hydroxylation is 1. The first-order valence-electron chi connectivity index (χ1n) is 9.00. The Morgan fingerprint density at radius 1 is 1.00 bits per heavy atom. The van der Waals surface area contributed by atoms with Gasteiger partial charge in [-0.2, -0.15) is 0 Å². The van der Waals surface area contributed by atoms with E-state index in [9.17, 15) is 9.59 Å². The molecule has 1 fully saturated rings. The average molecular weight is 371 g/mol. The zero-order valence-electron chi connectivity index (χ0n) is 14.7. The molecule has 1 N–H and O–H groups in total. The molecule has 0 aromatic heterocycles. The number of carbonyl (C=O) groups excluding carboxylic acids is 2. The molecule has 0 radical (unpaired) electrons. The highest BCUT2D eigenvalue weighted by atomic mass is 35.5. The Morgan fingerprint density at radius 2 is 1.65 bits per heavy atom. The van der Waals surface area contributed by atoms with Gasteiger partial charge in [-0.1, -0.05) is 54.1 Å². The molecule has 0 spiro atoms. The summed E-state index contributed by atoms with van der Waals surface area (Å²) in [6.07, 6.45) is 2.65. The van der Waals surface area contributed by atoms with E-state index >= 15 is 0 Å². The quantitative estimate of drug-likeness (QED) is 0.859. The number of halogens is 1. The van der Waals surface area contributed by atoms with Crippen molar-refractivity contribution < 1.29 is 9.59 Å². The van der Waals surface area contributed by atoms with Gasteiger partial charge in [0, 0.05) is 25.4 Å². The molecule has 0 bridgehead atoms. The predicted octanol–water partition coefficient (Wildman–Crippen LogP) is 4.15. The fourth-order valence-corrected chi connectivity index (χ4v) is 3.43. The summed E-state index contributed by atoms with van der Waals surface area (Å²) in [6, 6.07) is 17.3. The number of benzene rings is 2. The molecular weight excluding hydrogens is 348 g/mol. The van der Waals surface area contributed by atoms with E-state index in [1.165, 1.54) is 5.56 Å². The Bertz CT molecular complexity index is 756. The smallest absolute Gasteiger partial charge is 0.227 e. The predicted molar refractivity (Wildman–Crippen MR) is 104 cm³/mol. The molecule has 0 saturated carbocycles. The standard InChI is InChI=1S/C21H23ClN2O2/c22-18-8-4-5-9-19(18)23-21(26)17-12-14-24(15-13-17)20(25)11-10-16-6-2-1-3-7-16/h1-9,17H,10-15H2,(H,23,26). The maximum atomic E-state index is 12.4. The Balaban J connectivity index is 1.45. The molecule has 0 aliphatic carbocycles. The summed E-state index contributed by atoms with van der Waals surface area (Å²) < 4.78 is 0. The number of rotatable bonds is 5. The van der Waals surface area contributed by atoms with Crippen molar-refractivity contribution in [1.29, 1.82) is 0 Å². The lowest BCUT2D eigenvalue weighted by atomic mass is 9.95. The van der Waals surface area contributed by atoms with Gasteiger partial charge in [-0.15, -0.1) is 0 Å². The van der Waals surface area contributed by atoms with Crippen molar-refractivity contribution in [2.24, 2.45) is 5.92 Å². The number of hydrogen-bond donors (Lipinski definition) is 1. The number of anilines is 1. The maximum absolute atomic E-state index is 12.4. The lowest BCUT2D eigenvalue weighted by Gasteiger charge is -2.31. The molecule has 26 heavy (non-hydrogen) atoms. The minimum atomic E-state index is -0.0792. The van der Waals surface area contributed by atoms with E-state index in [0.717, 1.165) is 6.42 Å². The van der Waals surface area contributed by atoms with E-state index in [4.69, 9.17) is 11.6 Å². The van der Waals surface area contributed by atoms with Gasteiger partial charge in [0.05, 0.1) is 10.7 Å². The Morgan fingerprint density at radius 3 is 2.35 bits per heavy atom. The molecule has 2 aromatic rings. The zero-order chi connectivity index (χ0) is 18.4. The van der Waals surface area contributed by atoms with Crippen molar-refractivity contribution in [3.8, 4) is 0 Å². The molecule has 1 aliphatic heterocycles. The van der Waals surface area contributed by atoms with E-state index in [2.05, 4.69) is 5.32 Å². The molecule has 0 unspecified atom stereocenters. The van der Waals surface area contributed by atoms with E-state index in [1.807, 2.05) is 47.4 Å². The summed E-state index contributed by atoms with van der Waals surface area (Å²) in [5, 5.41) is 3.43. The molecule has 2 amide bonds. The fraction of sp³-hybridized carbons (Fsp3) is 0.333. The van der Waals surface area contributed by atoms with Crippen molar-refractivity contribution in [3.63, 3.8) is 0 Å². The van der Waals surface area contributed by atoms with Crippen LogP contribution in [0.2, 0.25) is 5.02 Å². The normalized spacial score (nSPS) is 14.9. The SMILES string of the molecule is O=C(Nc1ccccc1Cl)C1CCN(C(=O)CCc2ccccc2)CC1. The number of piperidine rings is 1. The third kappa shape index (κ3) is 4.85. The molecule has 5 heteroatoms. The van der Waals surface area contributed by atoms with Gasteiger partial charge in [0.15, 0.2) is 0 Å². The van der Waals surface area contributed by atoms with Crippen LogP contribution in [0.15, 0.2) is 54.6 Å². The highest BCUT2D eigenvalue weighted by Crippen LogP contribution is 2.24. The maximum Gasteiger partial charge on any atom is 0.227 e. The topological polar surface area (TPSA) is 49.4 Å². The summed E-state index contributed by atoms with van der Waals surface area (Å²) in [6.45, 7) is 1.27. The minimum absolute atomic E-state index is 0.0190. The van der Waals surface area contributed by atoms with Gasteiger partial charge in [0.1, 0.15) is 0 Å². The third-order valence-corrected chi connectivity index (χ3v) is 5.15. The van der Waals surface area contributed by atoms with Crippen molar-refractivity contribution in [3.05, 3.63) is 65.2 Å². The van der Waals surface area contributed by atoms with E-state index in [0.29, 0.717) is 43.1 Å². The molecule has 1 aliphatic rings. The summed E-state index contributed by atoms with van der Waals surface area (Å²) in [4.78, 5) is 26.7. The monoisotopic (exact) mass is 370 g/mol. The lowest BCUT2D eigenvalue weighted by molar-refractivity contribution is -0.134. The van der Waals surface area contributed by atoms with Crippen molar-refractivity contribution in [2.45, 2.75) is 25.7 Å². The number of nitrogens with one attached hydrogen (secondary N) is 1. The van der Waals surface area contributed by atoms with Gasteiger partial charge < -0.3 is 10.2 Å². The molecule has 136 valence electrons. The first-order chi connectivity index (χ1) is 12.6. The number of hydrogen-bond acceptors (Lipinski definition) is 2. The van der Waals surface area contributed by atoms with E-state index in [1.54, 1.807) is 12.1 Å². The largest absolute Gasteiger partial charge is 0.343 e. The summed E-state index contributed by atoms with van der Waals surface area (Å²) in [7, 11) is 0. The average Bonchev–Trinajstić information content (AvgIpc) is 2.69. The van der Waals surface area contributed by atoms with Crippen LogP contribution in [-0.2, 0) is 16.0 Å². The molecule has 3 rings (SSSR count). The number of carbonyl (C=O) groups is 2. The van der Waals surface area contributed by atoms with E-state index < -0.39 is 0 Å². The number of likely N-dealkylation sites (tertiary alicyclic amines) is 1. The number of amides is 2. The van der Waals surface area contributed by atoms with Crippen LogP contribution < -0.4 is 5.32 Å². The second kappa shape index (κ2) is 8.86. The molecule has 1 saturated heterocycles. The van der Waals surface area contributed by atoms with Gasteiger partial charge in [0.2, 0.25) is 11.8 Å². The van der Waals surface area contributed by atoms with Crippen molar-refractivity contribution in [1.82, 2.24) is 4.90 Å². The summed E-state index contributed by atoms with van der Waals surface area (Å²) >= 11 is 6.09. The van der Waals surface area contributed by atoms with Gasteiger partial charge in [-0.3, -0.25) is 9.59 Å². The van der Waals surface area contributed by atoms with Gasteiger partial charge in [-0.25, -0.2) is 0 Å². The Hall–Kier alpha value is -2.33. The first-order valence-corrected chi connectivity index (χ1v) is 9.38. The van der Waals surface area contributed by atoms with Crippen LogP contribution in [0.1, 0.15) is 24.8 Å². The van der Waals surface area contributed by atoms with Crippen molar-refractivity contribution in [2.75, 3.05) is 18.4 Å². The van der Waals surface area contributed by atoms with Crippen LogP contribution in [0, 0.1) is 5.92 Å². The summed E-state index contributed by atoms with van der Waals surface area (Å²) in [5.74, 6) is 0.0674. The second-order valence-electron chi connectivity index (χ2n) is 6.61. The zero-order valence-corrected chi connectivity index (χ0v) is 15.4. The van der Waals surface area contributed by atoms with Crippen LogP contribution in [0.5, 0.6) is 0 Å². The van der Waals surface area contributed by atoms with Crippen LogP contribution in [0.4, 0.5) is 5.69 Å². The van der Waals surface area contributed by atoms with Gasteiger partial charge >= 0.3 is 0 Å². The van der Waals surface area contributed by atoms with Crippen LogP contribution >= 0.6 is 11.6 Å². The molecule has 2 aromatic carbocycles. The minimum Gasteiger partial charge on any atom is -0.343 e. The highest BCUT2D eigenvalue weighted by molar-refractivity contribution is 6.33. The van der Waals surface area contributed by atoms with Crippen LogP contribution in [0.25, 0.3) is 0 Å². The highest BCUT2D eigenvalue weighted by Gasteiger charge is 2.27. The second-order valence-corrected chi connectivity index (χ2v) is 7.02. The third-order valence-electron chi connectivity index (χ3n) is 4.82. The molecule has 1 heterocycles. The Kier molecular flexibility index (Phi) is 6.29. The lowest BCUT2D eigenvalue weighted by Crippen LogP contribution is -2.41. The van der Waals surface area contributed by atoms with Crippen LogP contribution in [0.3, 0.4) is 0 Å². The van der Waals surface area contributed by atoms with Gasteiger partial charge in [-0.05, 0) is 37.0 Å². The fourth-order valence-electron chi connectivity index (χ4n) is 3.24. The molecule has 4 nitrogen and oxygen atoms in total.